The summed E-state index contributed by atoms with van der Waals surface area (Å²) in [7, 11) is -2.22. The first-order valence-corrected chi connectivity index (χ1v) is 14.7. The van der Waals surface area contributed by atoms with E-state index in [1.165, 1.54) is 12.3 Å². The minimum Gasteiger partial charge on any atom is -0.543 e. The first-order valence-electron chi connectivity index (χ1n) is 11.8. The molecular weight excluding hydrogens is 525 g/mol. The van der Waals surface area contributed by atoms with E-state index in [0.29, 0.717) is 22.8 Å². The number of carboxylic acid groups (broad SMARTS) is 1. The van der Waals surface area contributed by atoms with E-state index in [9.17, 15) is 27.9 Å². The molecule has 0 saturated carbocycles. The number of aromatic nitrogens is 2. The van der Waals surface area contributed by atoms with E-state index in [0.717, 1.165) is 6.92 Å². The van der Waals surface area contributed by atoms with Gasteiger partial charge in [-0.2, -0.15) is 18.2 Å². The molecule has 0 radical (unpaired) electrons. The summed E-state index contributed by atoms with van der Waals surface area (Å²) in [4.78, 5) is 31.0. The van der Waals surface area contributed by atoms with Crippen LogP contribution in [0.25, 0.3) is 0 Å². The van der Waals surface area contributed by atoms with Gasteiger partial charge in [-0.3, -0.25) is 4.79 Å². The summed E-state index contributed by atoms with van der Waals surface area (Å²) in [6.07, 6.45) is -5.82. The molecule has 1 heterocycles. The summed E-state index contributed by atoms with van der Waals surface area (Å²) >= 11 is 0. The van der Waals surface area contributed by atoms with Gasteiger partial charge in [0.15, 0.2) is 0 Å². The molecule has 13 heteroatoms. The van der Waals surface area contributed by atoms with Gasteiger partial charge in [-0.15, -0.1) is 0 Å². The van der Waals surface area contributed by atoms with Crippen molar-refractivity contribution in [3.05, 3.63) is 41.7 Å². The van der Waals surface area contributed by atoms with Gasteiger partial charge in [0, 0.05) is 25.1 Å². The molecule has 1 atom stereocenters. The Morgan fingerprint density at radius 3 is 2.37 bits per heavy atom. The molecule has 0 fully saturated rings. The summed E-state index contributed by atoms with van der Waals surface area (Å²) in [5.41, 5.74) is 0.745. The molecule has 1 N–H and O–H groups in total. The highest BCUT2D eigenvalue weighted by Gasteiger charge is 2.39. The lowest BCUT2D eigenvalue weighted by molar-refractivity contribution is -0.162. The van der Waals surface area contributed by atoms with E-state index in [1.807, 2.05) is 0 Å². The maximum atomic E-state index is 12.4. The van der Waals surface area contributed by atoms with E-state index >= 15 is 0 Å². The van der Waals surface area contributed by atoms with Crippen LogP contribution in [0.5, 0.6) is 17.5 Å². The Bertz CT molecular complexity index is 1120. The maximum Gasteiger partial charge on any atom is 0.392 e. The Labute approximate surface area is 220 Å². The van der Waals surface area contributed by atoms with E-state index in [4.69, 9.17) is 18.6 Å². The van der Waals surface area contributed by atoms with Crippen molar-refractivity contribution in [3.63, 3.8) is 0 Å². The molecule has 2 rings (SSSR count). The van der Waals surface area contributed by atoms with E-state index in [1.54, 1.807) is 18.2 Å². The van der Waals surface area contributed by atoms with E-state index < -0.39 is 45.6 Å². The SMILES string of the molecule is CC(=O)OC(Cc1cc(O[Si](C)(C)C(C)(C)C)ccc1OCc1ccnc(OCCC(F)(F)F)n1)C(=O)O. The zero-order valence-electron chi connectivity index (χ0n) is 22.2. The molecule has 1 unspecified atom stereocenters. The molecule has 210 valence electrons. The number of hydrogen-bond donors (Lipinski definition) is 1. The van der Waals surface area contributed by atoms with Crippen LogP contribution >= 0.6 is 0 Å². The number of rotatable bonds is 12. The molecule has 1 aromatic heterocycles. The zero-order chi connectivity index (χ0) is 28.7. The summed E-state index contributed by atoms with van der Waals surface area (Å²) in [5.74, 6) is -1.25. The minimum absolute atomic E-state index is 0.0867. The Morgan fingerprint density at radius 2 is 1.79 bits per heavy atom. The van der Waals surface area contributed by atoms with Gasteiger partial charge in [-0.25, -0.2) is 9.78 Å². The molecule has 9 nitrogen and oxygen atoms in total. The first-order chi connectivity index (χ1) is 17.5. The fourth-order valence-corrected chi connectivity index (χ4v) is 3.90. The second kappa shape index (κ2) is 12.5. The van der Waals surface area contributed by atoms with Crippen molar-refractivity contribution in [2.75, 3.05) is 6.61 Å². The number of hydrogen-bond acceptors (Lipinski definition) is 8. The van der Waals surface area contributed by atoms with Crippen molar-refractivity contribution < 1.29 is 46.5 Å². The molecule has 0 saturated heterocycles. The summed E-state index contributed by atoms with van der Waals surface area (Å²) in [6, 6.07) is 6.25. The van der Waals surface area contributed by atoms with Crippen molar-refractivity contribution in [3.8, 4) is 17.5 Å². The van der Waals surface area contributed by atoms with Crippen LogP contribution in [0, 0.1) is 0 Å². The Balaban J connectivity index is 2.27. The lowest BCUT2D eigenvalue weighted by Crippen LogP contribution is -2.43. The van der Waals surface area contributed by atoms with Gasteiger partial charge < -0.3 is 23.7 Å². The van der Waals surface area contributed by atoms with Crippen LogP contribution in [-0.2, 0) is 27.4 Å². The highest BCUT2D eigenvalue weighted by atomic mass is 28.4. The predicted molar refractivity (Wildman–Crippen MR) is 134 cm³/mol. The highest BCUT2D eigenvalue weighted by Crippen LogP contribution is 2.38. The Hall–Kier alpha value is -3.35. The molecule has 0 bridgehead atoms. The van der Waals surface area contributed by atoms with Crippen molar-refractivity contribution in [2.45, 2.75) is 77.6 Å². The lowest BCUT2D eigenvalue weighted by atomic mass is 10.1. The van der Waals surface area contributed by atoms with Crippen molar-refractivity contribution in [2.24, 2.45) is 0 Å². The first kappa shape index (κ1) is 30.9. The quantitative estimate of drug-likeness (QED) is 0.272. The third-order valence-corrected chi connectivity index (χ3v) is 10.2. The van der Waals surface area contributed by atoms with Crippen LogP contribution in [0.15, 0.2) is 30.5 Å². The third kappa shape index (κ3) is 9.84. The fourth-order valence-electron chi connectivity index (χ4n) is 2.88. The molecule has 0 amide bonds. The molecule has 38 heavy (non-hydrogen) atoms. The number of alkyl halides is 3. The molecule has 0 aliphatic heterocycles. The van der Waals surface area contributed by atoms with Gasteiger partial charge in [-0.1, -0.05) is 20.8 Å². The number of carbonyl (C=O) groups excluding carboxylic acids is 1. The van der Waals surface area contributed by atoms with Crippen LogP contribution in [0.2, 0.25) is 18.1 Å². The number of nitrogens with zero attached hydrogens (tertiary/aromatic N) is 2. The largest absolute Gasteiger partial charge is 0.543 e. The average Bonchev–Trinajstić information content (AvgIpc) is 2.76. The molecule has 2 aromatic rings. The number of ether oxygens (including phenoxy) is 3. The van der Waals surface area contributed by atoms with Crippen LogP contribution < -0.4 is 13.9 Å². The highest BCUT2D eigenvalue weighted by molar-refractivity contribution is 6.74. The normalized spacial score (nSPS) is 13.0. The number of esters is 1. The lowest BCUT2D eigenvalue weighted by Gasteiger charge is -2.36. The van der Waals surface area contributed by atoms with Crippen LogP contribution in [-0.4, -0.2) is 54.2 Å². The van der Waals surface area contributed by atoms with Crippen LogP contribution in [0.3, 0.4) is 0 Å². The number of benzene rings is 1. The standard InChI is InChI=1S/C25H33F3N2O7Si/c1-16(31)36-21(22(32)33)14-17-13-19(37-38(5,6)24(2,3)4)7-8-20(17)35-15-18-9-11-29-23(30-18)34-12-10-25(26,27)28/h7-9,11,13,21H,10,12,14-15H2,1-6H3,(H,32,33). The van der Waals surface area contributed by atoms with Crippen LogP contribution in [0.1, 0.15) is 45.4 Å². The van der Waals surface area contributed by atoms with Crippen molar-refractivity contribution in [1.29, 1.82) is 0 Å². The van der Waals surface area contributed by atoms with Crippen LogP contribution in [0.4, 0.5) is 13.2 Å². The van der Waals surface area contributed by atoms with Gasteiger partial charge in [-0.05, 0) is 42.4 Å². The predicted octanol–water partition coefficient (Wildman–Crippen LogP) is 5.33. The molecule has 0 aliphatic carbocycles. The van der Waals surface area contributed by atoms with Crippen molar-refractivity contribution >= 4 is 20.3 Å². The third-order valence-electron chi connectivity index (χ3n) is 5.88. The number of aliphatic carboxylic acids is 1. The smallest absolute Gasteiger partial charge is 0.392 e. The number of carboxylic acids is 1. The van der Waals surface area contributed by atoms with Gasteiger partial charge >= 0.3 is 24.1 Å². The van der Waals surface area contributed by atoms with Gasteiger partial charge in [0.1, 0.15) is 24.7 Å². The molecular formula is C25H33F3N2O7Si. The Morgan fingerprint density at radius 1 is 1.11 bits per heavy atom. The van der Waals surface area contributed by atoms with E-state index in [2.05, 4.69) is 43.8 Å². The number of halogens is 3. The summed E-state index contributed by atoms with van der Waals surface area (Å²) in [6.45, 7) is 10.8. The average molecular weight is 559 g/mol. The molecule has 1 aromatic carbocycles. The monoisotopic (exact) mass is 558 g/mol. The topological polar surface area (TPSA) is 117 Å². The summed E-state index contributed by atoms with van der Waals surface area (Å²) < 4.78 is 59.2. The maximum absolute atomic E-state index is 12.4. The number of carbonyl (C=O) groups is 2. The zero-order valence-corrected chi connectivity index (χ0v) is 23.2. The van der Waals surface area contributed by atoms with E-state index in [-0.39, 0.29) is 24.1 Å². The van der Waals surface area contributed by atoms with Gasteiger partial charge in [0.05, 0.1) is 12.1 Å². The van der Waals surface area contributed by atoms with Gasteiger partial charge in [0.25, 0.3) is 0 Å². The second-order valence-electron chi connectivity index (χ2n) is 10.1. The fraction of sp³-hybridized carbons (Fsp3) is 0.520. The minimum atomic E-state index is -4.36. The second-order valence-corrected chi connectivity index (χ2v) is 14.8. The van der Waals surface area contributed by atoms with Gasteiger partial charge in [0.2, 0.25) is 14.4 Å². The Kier molecular flexibility index (Phi) is 10.1. The summed E-state index contributed by atoms with van der Waals surface area (Å²) in [5, 5.41) is 9.47. The van der Waals surface area contributed by atoms with Crippen molar-refractivity contribution in [1.82, 2.24) is 9.97 Å². The molecule has 0 aliphatic rings. The molecule has 0 spiro atoms.